The molecule has 14 heavy (non-hydrogen) atoms. The standard InChI is InChI=1S/C11H11NO2/c1-2-9-7-8-5-3-4-6-10(8)12(9)11(13)14/h3-7H,2H2,1H3,(H,13,14). The van der Waals surface area contributed by atoms with Crippen LogP contribution in [-0.2, 0) is 6.42 Å². The minimum absolute atomic E-state index is 0.723. The lowest BCUT2D eigenvalue weighted by molar-refractivity contribution is 0.196. The predicted molar refractivity (Wildman–Crippen MR) is 54.7 cm³/mol. The monoisotopic (exact) mass is 189 g/mol. The first kappa shape index (κ1) is 8.81. The zero-order valence-corrected chi connectivity index (χ0v) is 7.90. The number of aryl methyl sites for hydroxylation is 1. The maximum Gasteiger partial charge on any atom is 0.416 e. The number of nitrogens with zero attached hydrogens (tertiary/aromatic N) is 1. The van der Waals surface area contributed by atoms with Gasteiger partial charge in [0.25, 0.3) is 0 Å². The molecule has 0 aliphatic carbocycles. The molecule has 1 aromatic heterocycles. The van der Waals surface area contributed by atoms with Gasteiger partial charge in [0.1, 0.15) is 0 Å². The van der Waals surface area contributed by atoms with Crippen LogP contribution in [0, 0.1) is 0 Å². The molecule has 72 valence electrons. The van der Waals surface area contributed by atoms with Gasteiger partial charge >= 0.3 is 6.09 Å². The number of hydrogen-bond donors (Lipinski definition) is 1. The third-order valence-corrected chi connectivity index (χ3v) is 2.34. The molecule has 0 unspecified atom stereocenters. The Morgan fingerprint density at radius 1 is 1.43 bits per heavy atom. The molecule has 0 fully saturated rings. The third kappa shape index (κ3) is 1.18. The molecule has 0 amide bonds. The summed E-state index contributed by atoms with van der Waals surface area (Å²) in [5, 5.41) is 10.0. The second kappa shape index (κ2) is 3.18. The summed E-state index contributed by atoms with van der Waals surface area (Å²) >= 11 is 0. The van der Waals surface area contributed by atoms with Crippen molar-refractivity contribution in [3.8, 4) is 0 Å². The number of para-hydroxylation sites is 1. The lowest BCUT2D eigenvalue weighted by atomic mass is 10.2. The van der Waals surface area contributed by atoms with Crippen molar-refractivity contribution in [1.82, 2.24) is 4.57 Å². The number of aromatic nitrogens is 1. The van der Waals surface area contributed by atoms with Crippen molar-refractivity contribution in [3.63, 3.8) is 0 Å². The van der Waals surface area contributed by atoms with Gasteiger partial charge in [-0.15, -0.1) is 0 Å². The Balaban J connectivity index is 2.81. The van der Waals surface area contributed by atoms with E-state index in [1.54, 1.807) is 0 Å². The van der Waals surface area contributed by atoms with E-state index in [1.807, 2.05) is 37.3 Å². The summed E-state index contributed by atoms with van der Waals surface area (Å²) < 4.78 is 1.34. The number of hydrogen-bond acceptors (Lipinski definition) is 1. The van der Waals surface area contributed by atoms with Crippen molar-refractivity contribution in [2.75, 3.05) is 0 Å². The van der Waals surface area contributed by atoms with Gasteiger partial charge in [-0.05, 0) is 18.6 Å². The molecular formula is C11H11NO2. The summed E-state index contributed by atoms with van der Waals surface area (Å²) in [4.78, 5) is 11.0. The molecule has 0 aliphatic rings. The molecule has 2 aromatic rings. The normalized spacial score (nSPS) is 10.6. The van der Waals surface area contributed by atoms with E-state index in [1.165, 1.54) is 4.57 Å². The molecule has 0 spiro atoms. The van der Waals surface area contributed by atoms with E-state index in [2.05, 4.69) is 0 Å². The molecule has 1 N–H and O–H groups in total. The fourth-order valence-electron chi connectivity index (χ4n) is 1.70. The van der Waals surface area contributed by atoms with Crippen molar-refractivity contribution in [2.45, 2.75) is 13.3 Å². The summed E-state index contributed by atoms with van der Waals surface area (Å²) in [6, 6.07) is 9.43. The van der Waals surface area contributed by atoms with Gasteiger partial charge in [-0.2, -0.15) is 0 Å². The van der Waals surface area contributed by atoms with Gasteiger partial charge in [-0.25, -0.2) is 9.36 Å². The molecule has 3 heteroatoms. The van der Waals surface area contributed by atoms with E-state index < -0.39 is 6.09 Å². The molecule has 2 rings (SSSR count). The number of fused-ring (bicyclic) bond motifs is 1. The molecule has 0 saturated carbocycles. The lowest BCUT2D eigenvalue weighted by Crippen LogP contribution is -2.10. The van der Waals surface area contributed by atoms with E-state index >= 15 is 0 Å². The minimum Gasteiger partial charge on any atom is -0.464 e. The van der Waals surface area contributed by atoms with Crippen LogP contribution in [0.25, 0.3) is 10.9 Å². The van der Waals surface area contributed by atoms with Crippen molar-refractivity contribution >= 4 is 17.0 Å². The summed E-state index contributed by atoms with van der Waals surface area (Å²) in [6.07, 6.45) is -0.191. The zero-order valence-electron chi connectivity index (χ0n) is 7.90. The largest absolute Gasteiger partial charge is 0.464 e. The average molecular weight is 189 g/mol. The van der Waals surface area contributed by atoms with Gasteiger partial charge in [0.05, 0.1) is 5.52 Å². The highest BCUT2D eigenvalue weighted by molar-refractivity contribution is 5.90. The van der Waals surface area contributed by atoms with Crippen molar-refractivity contribution in [1.29, 1.82) is 0 Å². The first-order chi connectivity index (χ1) is 6.74. The summed E-state index contributed by atoms with van der Waals surface area (Å²) in [5.74, 6) is 0. The lowest BCUT2D eigenvalue weighted by Gasteiger charge is -2.01. The van der Waals surface area contributed by atoms with Gasteiger partial charge in [0.15, 0.2) is 0 Å². The van der Waals surface area contributed by atoms with Crippen LogP contribution in [0.2, 0.25) is 0 Å². The summed E-state index contributed by atoms with van der Waals surface area (Å²) in [5.41, 5.74) is 1.59. The Labute approximate surface area is 81.6 Å². The van der Waals surface area contributed by atoms with Gasteiger partial charge in [0, 0.05) is 11.1 Å². The Bertz CT molecular complexity index is 485. The maximum atomic E-state index is 11.0. The van der Waals surface area contributed by atoms with E-state index in [0.29, 0.717) is 0 Å². The molecule has 1 heterocycles. The first-order valence-corrected chi connectivity index (χ1v) is 4.56. The van der Waals surface area contributed by atoms with E-state index in [4.69, 9.17) is 5.11 Å². The first-order valence-electron chi connectivity index (χ1n) is 4.56. The highest BCUT2D eigenvalue weighted by Gasteiger charge is 2.11. The maximum absolute atomic E-state index is 11.0. The van der Waals surface area contributed by atoms with Crippen LogP contribution < -0.4 is 0 Å². The molecule has 0 aliphatic heterocycles. The van der Waals surface area contributed by atoms with Crippen LogP contribution in [0.4, 0.5) is 4.79 Å². The predicted octanol–water partition coefficient (Wildman–Crippen LogP) is 2.73. The van der Waals surface area contributed by atoms with Gasteiger partial charge < -0.3 is 5.11 Å². The number of carboxylic acid groups (broad SMARTS) is 1. The molecule has 0 bridgehead atoms. The number of rotatable bonds is 1. The van der Waals surface area contributed by atoms with E-state index in [9.17, 15) is 4.79 Å². The zero-order chi connectivity index (χ0) is 10.1. The van der Waals surface area contributed by atoms with Crippen molar-refractivity contribution in [3.05, 3.63) is 36.0 Å². The SMILES string of the molecule is CCc1cc2ccccc2n1C(=O)O. The van der Waals surface area contributed by atoms with Crippen LogP contribution in [0.15, 0.2) is 30.3 Å². The Morgan fingerprint density at radius 2 is 2.14 bits per heavy atom. The van der Waals surface area contributed by atoms with Crippen molar-refractivity contribution < 1.29 is 9.90 Å². The Morgan fingerprint density at radius 3 is 2.79 bits per heavy atom. The number of benzene rings is 1. The summed E-state index contributed by atoms with van der Waals surface area (Å²) in [6.45, 7) is 1.95. The van der Waals surface area contributed by atoms with Crippen LogP contribution in [0.5, 0.6) is 0 Å². The van der Waals surface area contributed by atoms with Gasteiger partial charge in [-0.3, -0.25) is 0 Å². The van der Waals surface area contributed by atoms with Gasteiger partial charge in [0.2, 0.25) is 0 Å². The minimum atomic E-state index is -0.914. The molecule has 0 atom stereocenters. The fraction of sp³-hybridized carbons (Fsp3) is 0.182. The average Bonchev–Trinajstić information content (AvgIpc) is 2.55. The highest BCUT2D eigenvalue weighted by Crippen LogP contribution is 2.19. The van der Waals surface area contributed by atoms with Crippen LogP contribution >= 0.6 is 0 Å². The Kier molecular flexibility index (Phi) is 2.00. The third-order valence-electron chi connectivity index (χ3n) is 2.34. The second-order valence-corrected chi connectivity index (χ2v) is 3.17. The van der Waals surface area contributed by atoms with Crippen LogP contribution in [0.3, 0.4) is 0 Å². The van der Waals surface area contributed by atoms with Crippen molar-refractivity contribution in [2.24, 2.45) is 0 Å². The fourth-order valence-corrected chi connectivity index (χ4v) is 1.70. The van der Waals surface area contributed by atoms with Crippen LogP contribution in [-0.4, -0.2) is 15.8 Å². The highest BCUT2D eigenvalue weighted by atomic mass is 16.4. The van der Waals surface area contributed by atoms with Crippen LogP contribution in [0.1, 0.15) is 12.6 Å². The van der Waals surface area contributed by atoms with E-state index in [0.717, 1.165) is 23.0 Å². The number of carbonyl (C=O) groups is 1. The Hall–Kier alpha value is -1.77. The summed E-state index contributed by atoms with van der Waals surface area (Å²) in [7, 11) is 0. The topological polar surface area (TPSA) is 42.2 Å². The molecule has 0 radical (unpaired) electrons. The molecule has 3 nitrogen and oxygen atoms in total. The van der Waals surface area contributed by atoms with Gasteiger partial charge in [-0.1, -0.05) is 25.1 Å². The quantitative estimate of drug-likeness (QED) is 0.749. The second-order valence-electron chi connectivity index (χ2n) is 3.17. The molecule has 1 aromatic carbocycles. The smallest absolute Gasteiger partial charge is 0.416 e. The molecular weight excluding hydrogens is 178 g/mol. The molecule has 0 saturated heterocycles. The van der Waals surface area contributed by atoms with E-state index in [-0.39, 0.29) is 0 Å².